The monoisotopic (exact) mass is 219 g/mol. The molecule has 88 valence electrons. The summed E-state index contributed by atoms with van der Waals surface area (Å²) in [4.78, 5) is 2.56. The maximum Gasteiger partial charge on any atom is 0.111 e. The van der Waals surface area contributed by atoms with Crippen LogP contribution in [0.3, 0.4) is 0 Å². The number of furan rings is 1. The number of hydrogen-bond donors (Lipinski definition) is 0. The number of rotatable bonds is 0. The van der Waals surface area contributed by atoms with Crippen LogP contribution in [0.25, 0.3) is 0 Å². The molecule has 3 aliphatic rings. The van der Waals surface area contributed by atoms with Gasteiger partial charge in [0.1, 0.15) is 11.5 Å². The molecule has 0 aliphatic carbocycles. The summed E-state index contributed by atoms with van der Waals surface area (Å²) < 4.78 is 6.15. The molecule has 4 heterocycles. The van der Waals surface area contributed by atoms with E-state index in [1.165, 1.54) is 37.3 Å². The fourth-order valence-electron chi connectivity index (χ4n) is 2.88. The topological polar surface area (TPSA) is 16.4 Å². The van der Waals surface area contributed by atoms with Crippen molar-refractivity contribution in [3.05, 3.63) is 23.2 Å². The van der Waals surface area contributed by atoms with Crippen molar-refractivity contribution >= 4 is 0 Å². The van der Waals surface area contributed by atoms with Crippen LogP contribution < -0.4 is 0 Å². The van der Waals surface area contributed by atoms with E-state index in [4.69, 9.17) is 4.42 Å². The van der Waals surface area contributed by atoms with Crippen LogP contribution in [0.2, 0.25) is 0 Å². The minimum atomic E-state index is 0.140. The molecule has 4 rings (SSSR count). The highest BCUT2D eigenvalue weighted by molar-refractivity contribution is 5.29. The lowest BCUT2D eigenvalue weighted by Gasteiger charge is -2.26. The van der Waals surface area contributed by atoms with Gasteiger partial charge in [0.05, 0.1) is 0 Å². The lowest BCUT2D eigenvalue weighted by atomic mass is 9.93. The highest BCUT2D eigenvalue weighted by atomic mass is 16.3. The molecule has 1 aromatic heterocycles. The molecule has 0 saturated carbocycles. The van der Waals surface area contributed by atoms with E-state index in [1.54, 1.807) is 0 Å². The van der Waals surface area contributed by atoms with Gasteiger partial charge in [-0.3, -0.25) is 4.90 Å². The number of fused-ring (bicyclic) bond motifs is 2. The Kier molecular flexibility index (Phi) is 2.19. The van der Waals surface area contributed by atoms with Gasteiger partial charge in [0.2, 0.25) is 0 Å². The van der Waals surface area contributed by atoms with E-state index < -0.39 is 0 Å². The molecule has 0 spiro atoms. The summed E-state index contributed by atoms with van der Waals surface area (Å²) in [7, 11) is 0. The molecule has 0 radical (unpaired) electrons. The summed E-state index contributed by atoms with van der Waals surface area (Å²) in [6.07, 6.45) is 2.56. The third-order valence-corrected chi connectivity index (χ3v) is 3.93. The highest BCUT2D eigenvalue weighted by Gasteiger charge is 2.32. The first-order valence-electron chi connectivity index (χ1n) is 6.39. The third-order valence-electron chi connectivity index (χ3n) is 3.93. The predicted octanol–water partition coefficient (Wildman–Crippen LogP) is 3.27. The van der Waals surface area contributed by atoms with Gasteiger partial charge in [-0.25, -0.2) is 0 Å². The molecule has 1 saturated heterocycles. The van der Waals surface area contributed by atoms with Crippen molar-refractivity contribution in [1.29, 1.82) is 0 Å². The van der Waals surface area contributed by atoms with E-state index in [9.17, 15) is 0 Å². The van der Waals surface area contributed by atoms with Gasteiger partial charge in [0.15, 0.2) is 0 Å². The zero-order chi connectivity index (χ0) is 11.3. The summed E-state index contributed by atoms with van der Waals surface area (Å²) in [6.45, 7) is 10.3. The highest BCUT2D eigenvalue weighted by Crippen LogP contribution is 2.39. The second kappa shape index (κ2) is 3.36. The smallest absolute Gasteiger partial charge is 0.111 e. The van der Waals surface area contributed by atoms with E-state index >= 15 is 0 Å². The third kappa shape index (κ3) is 1.60. The molecular formula is C14H21NO. The Labute approximate surface area is 97.6 Å². The van der Waals surface area contributed by atoms with Crippen LogP contribution in [0.15, 0.2) is 10.5 Å². The van der Waals surface area contributed by atoms with Gasteiger partial charge in [0, 0.05) is 23.4 Å². The zero-order valence-corrected chi connectivity index (χ0v) is 10.5. The van der Waals surface area contributed by atoms with Crippen molar-refractivity contribution < 1.29 is 4.42 Å². The maximum absolute atomic E-state index is 6.15. The second-order valence-corrected chi connectivity index (χ2v) is 6.30. The van der Waals surface area contributed by atoms with Crippen LogP contribution in [-0.2, 0) is 12.0 Å². The predicted molar refractivity (Wildman–Crippen MR) is 64.7 cm³/mol. The molecule has 2 nitrogen and oxygen atoms in total. The first-order valence-corrected chi connectivity index (χ1v) is 6.39. The van der Waals surface area contributed by atoms with Gasteiger partial charge < -0.3 is 4.42 Å². The Bertz CT molecular complexity index is 391. The van der Waals surface area contributed by atoms with Crippen LogP contribution in [0.5, 0.6) is 0 Å². The number of nitrogens with zero attached hydrogens (tertiary/aromatic N) is 1. The average molecular weight is 219 g/mol. The summed E-state index contributed by atoms with van der Waals surface area (Å²) in [5.41, 5.74) is 1.59. The van der Waals surface area contributed by atoms with Crippen LogP contribution >= 0.6 is 0 Å². The van der Waals surface area contributed by atoms with Crippen molar-refractivity contribution in [3.8, 4) is 0 Å². The van der Waals surface area contributed by atoms with Gasteiger partial charge in [-0.15, -0.1) is 0 Å². The average Bonchev–Trinajstić information content (AvgIpc) is 2.50. The molecule has 0 atom stereocenters. The molecule has 0 N–H and O–H groups in total. The van der Waals surface area contributed by atoms with Gasteiger partial charge in [-0.05, 0) is 32.0 Å². The van der Waals surface area contributed by atoms with Gasteiger partial charge in [-0.2, -0.15) is 0 Å². The fourth-order valence-corrected chi connectivity index (χ4v) is 2.88. The van der Waals surface area contributed by atoms with Crippen LogP contribution in [0, 0.1) is 0 Å². The maximum atomic E-state index is 6.15. The van der Waals surface area contributed by atoms with E-state index in [2.05, 4.69) is 31.7 Å². The molecule has 0 unspecified atom stereocenters. The Morgan fingerprint density at radius 1 is 1.25 bits per heavy atom. The van der Waals surface area contributed by atoms with Crippen LogP contribution in [0.4, 0.5) is 0 Å². The van der Waals surface area contributed by atoms with Crippen molar-refractivity contribution in [2.24, 2.45) is 0 Å². The van der Waals surface area contributed by atoms with E-state index in [-0.39, 0.29) is 5.41 Å². The summed E-state index contributed by atoms with van der Waals surface area (Å²) >= 11 is 0. The second-order valence-electron chi connectivity index (χ2n) is 6.30. The summed E-state index contributed by atoms with van der Waals surface area (Å²) in [6, 6.07) is 2.30. The lowest BCUT2D eigenvalue weighted by Crippen LogP contribution is -2.29. The summed E-state index contributed by atoms with van der Waals surface area (Å²) in [5.74, 6) is 3.14. The number of piperidine rings is 1. The van der Waals surface area contributed by atoms with Crippen molar-refractivity contribution in [2.45, 2.75) is 51.5 Å². The van der Waals surface area contributed by atoms with E-state index in [0.29, 0.717) is 5.92 Å². The van der Waals surface area contributed by atoms with Crippen molar-refractivity contribution in [3.63, 3.8) is 0 Å². The Balaban J connectivity index is 2.02. The van der Waals surface area contributed by atoms with Crippen molar-refractivity contribution in [1.82, 2.24) is 4.90 Å². The van der Waals surface area contributed by atoms with Crippen molar-refractivity contribution in [2.75, 3.05) is 13.1 Å². The Morgan fingerprint density at radius 2 is 1.94 bits per heavy atom. The fraction of sp³-hybridized carbons (Fsp3) is 0.714. The Hall–Kier alpha value is -0.760. The minimum absolute atomic E-state index is 0.140. The SMILES string of the molecule is CC(C)(C)c1cc2c(o1)C1CCN(CC1)C2. The molecule has 3 aliphatic heterocycles. The Morgan fingerprint density at radius 3 is 2.56 bits per heavy atom. The molecule has 2 bridgehead atoms. The summed E-state index contributed by atoms with van der Waals surface area (Å²) in [5, 5.41) is 0. The first kappa shape index (κ1) is 10.4. The zero-order valence-electron chi connectivity index (χ0n) is 10.5. The molecule has 2 heteroatoms. The first-order chi connectivity index (χ1) is 7.54. The standard InChI is InChI=1S/C14H21NO/c1-14(2,3)12-8-11-9-15-6-4-10(5-7-15)13(11)16-12/h8,10H,4-7,9H2,1-3H3. The molecule has 16 heavy (non-hydrogen) atoms. The largest absolute Gasteiger partial charge is 0.465 e. The molecule has 1 aromatic rings. The molecule has 0 aromatic carbocycles. The van der Waals surface area contributed by atoms with Gasteiger partial charge in [0.25, 0.3) is 0 Å². The molecular weight excluding hydrogens is 198 g/mol. The van der Waals surface area contributed by atoms with Gasteiger partial charge >= 0.3 is 0 Å². The minimum Gasteiger partial charge on any atom is -0.465 e. The van der Waals surface area contributed by atoms with Crippen LogP contribution in [-0.4, -0.2) is 18.0 Å². The lowest BCUT2D eigenvalue weighted by molar-refractivity contribution is 0.213. The van der Waals surface area contributed by atoms with Crippen LogP contribution in [0.1, 0.15) is 56.6 Å². The van der Waals surface area contributed by atoms with Gasteiger partial charge in [-0.1, -0.05) is 20.8 Å². The van der Waals surface area contributed by atoms with E-state index in [0.717, 1.165) is 12.3 Å². The molecule has 0 amide bonds. The quantitative estimate of drug-likeness (QED) is 0.666. The number of hydrogen-bond acceptors (Lipinski definition) is 2. The normalized spacial score (nSPS) is 28.9. The molecule has 1 fully saturated rings. The van der Waals surface area contributed by atoms with E-state index in [1.807, 2.05) is 0 Å².